The van der Waals surface area contributed by atoms with E-state index in [2.05, 4.69) is 10.6 Å². The van der Waals surface area contributed by atoms with Crippen LogP contribution >= 0.6 is 11.6 Å². The zero-order valence-electron chi connectivity index (χ0n) is 18.2. The molecule has 0 radical (unpaired) electrons. The monoisotopic (exact) mass is 485 g/mol. The lowest BCUT2D eigenvalue weighted by atomic mass is 10.2. The maximum Gasteiger partial charge on any atom is 0.243 e. The molecule has 3 aromatic carbocycles. The van der Waals surface area contributed by atoms with E-state index < -0.39 is 22.5 Å². The SMILES string of the molecule is CC(=O)Nc1ccc(NC(=O)CN(Cc2ccccc2Cl)S(=O)(=O)c2ccc(C)cc2)cc1. The third-order valence-electron chi connectivity index (χ3n) is 4.77. The Balaban J connectivity index is 1.83. The van der Waals surface area contributed by atoms with E-state index in [1.54, 1.807) is 60.7 Å². The Kier molecular flexibility index (Phi) is 7.86. The zero-order chi connectivity index (χ0) is 24.0. The molecule has 0 heterocycles. The van der Waals surface area contributed by atoms with Gasteiger partial charge in [0.25, 0.3) is 0 Å². The Hall–Kier alpha value is -3.20. The number of anilines is 2. The number of carbonyl (C=O) groups is 2. The van der Waals surface area contributed by atoms with Gasteiger partial charge in [-0.3, -0.25) is 9.59 Å². The largest absolute Gasteiger partial charge is 0.326 e. The van der Waals surface area contributed by atoms with Crippen molar-refractivity contribution in [2.45, 2.75) is 25.3 Å². The number of benzene rings is 3. The van der Waals surface area contributed by atoms with Gasteiger partial charge in [-0.15, -0.1) is 0 Å². The van der Waals surface area contributed by atoms with Crippen molar-refractivity contribution < 1.29 is 18.0 Å². The average Bonchev–Trinajstić information content (AvgIpc) is 2.76. The fraction of sp³-hybridized carbons (Fsp3) is 0.167. The highest BCUT2D eigenvalue weighted by atomic mass is 35.5. The predicted octanol–water partition coefficient (Wildman–Crippen LogP) is 4.44. The first-order valence-electron chi connectivity index (χ1n) is 10.1. The van der Waals surface area contributed by atoms with Gasteiger partial charge in [-0.1, -0.05) is 47.5 Å². The first kappa shape index (κ1) is 24.4. The number of carbonyl (C=O) groups excluding carboxylic acids is 2. The molecule has 172 valence electrons. The topological polar surface area (TPSA) is 95.6 Å². The van der Waals surface area contributed by atoms with Crippen molar-refractivity contribution in [3.8, 4) is 0 Å². The van der Waals surface area contributed by atoms with Gasteiger partial charge in [0.2, 0.25) is 21.8 Å². The lowest BCUT2D eigenvalue weighted by Gasteiger charge is -2.22. The summed E-state index contributed by atoms with van der Waals surface area (Å²) in [5.74, 6) is -0.715. The molecule has 0 aromatic heterocycles. The summed E-state index contributed by atoms with van der Waals surface area (Å²) in [7, 11) is -3.97. The van der Waals surface area contributed by atoms with Gasteiger partial charge in [-0.25, -0.2) is 8.42 Å². The molecule has 0 unspecified atom stereocenters. The maximum absolute atomic E-state index is 13.4. The van der Waals surface area contributed by atoms with Crippen molar-refractivity contribution in [2.24, 2.45) is 0 Å². The van der Waals surface area contributed by atoms with E-state index in [-0.39, 0.29) is 17.3 Å². The highest BCUT2D eigenvalue weighted by molar-refractivity contribution is 7.89. The van der Waals surface area contributed by atoms with Crippen LogP contribution in [0.3, 0.4) is 0 Å². The Morgan fingerprint density at radius 3 is 2.03 bits per heavy atom. The van der Waals surface area contributed by atoms with E-state index in [0.29, 0.717) is 22.0 Å². The second kappa shape index (κ2) is 10.6. The molecular weight excluding hydrogens is 462 g/mol. The first-order chi connectivity index (χ1) is 15.6. The summed E-state index contributed by atoms with van der Waals surface area (Å²) in [5, 5.41) is 5.75. The van der Waals surface area contributed by atoms with Crippen molar-refractivity contribution in [1.29, 1.82) is 0 Å². The predicted molar refractivity (Wildman–Crippen MR) is 130 cm³/mol. The van der Waals surface area contributed by atoms with Gasteiger partial charge in [0, 0.05) is 29.9 Å². The van der Waals surface area contributed by atoms with Gasteiger partial charge in [-0.2, -0.15) is 4.31 Å². The summed E-state index contributed by atoms with van der Waals surface area (Å²) >= 11 is 6.25. The van der Waals surface area contributed by atoms with Crippen LogP contribution in [-0.2, 0) is 26.2 Å². The van der Waals surface area contributed by atoms with Gasteiger partial charge in [0.05, 0.1) is 11.4 Å². The van der Waals surface area contributed by atoms with Crippen LogP contribution in [0.4, 0.5) is 11.4 Å². The minimum atomic E-state index is -3.97. The number of aryl methyl sites for hydroxylation is 1. The third-order valence-corrected chi connectivity index (χ3v) is 6.95. The molecule has 0 bridgehead atoms. The Morgan fingerprint density at radius 2 is 1.45 bits per heavy atom. The van der Waals surface area contributed by atoms with Crippen LogP contribution in [0.2, 0.25) is 5.02 Å². The molecule has 33 heavy (non-hydrogen) atoms. The van der Waals surface area contributed by atoms with Gasteiger partial charge in [-0.05, 0) is 55.0 Å². The highest BCUT2D eigenvalue weighted by Gasteiger charge is 2.27. The highest BCUT2D eigenvalue weighted by Crippen LogP contribution is 2.23. The minimum absolute atomic E-state index is 0.0647. The van der Waals surface area contributed by atoms with Crippen molar-refractivity contribution in [2.75, 3.05) is 17.2 Å². The summed E-state index contributed by atoms with van der Waals surface area (Å²) < 4.78 is 27.8. The molecule has 3 rings (SSSR count). The van der Waals surface area contributed by atoms with Crippen LogP contribution in [0.5, 0.6) is 0 Å². The van der Waals surface area contributed by atoms with E-state index >= 15 is 0 Å². The maximum atomic E-state index is 13.4. The Bertz CT molecular complexity index is 1240. The van der Waals surface area contributed by atoms with Gasteiger partial charge in [0.1, 0.15) is 0 Å². The van der Waals surface area contributed by atoms with Gasteiger partial charge >= 0.3 is 0 Å². The number of hydrogen-bond donors (Lipinski definition) is 2. The number of amides is 2. The lowest BCUT2D eigenvalue weighted by molar-refractivity contribution is -0.116. The average molecular weight is 486 g/mol. The Morgan fingerprint density at radius 1 is 0.879 bits per heavy atom. The standard InChI is InChI=1S/C24H24ClN3O4S/c1-17-7-13-22(14-8-17)33(31,32)28(15-19-5-3-4-6-23(19)25)16-24(30)27-21-11-9-20(10-12-21)26-18(2)29/h3-14H,15-16H2,1-2H3,(H,26,29)(H,27,30). The smallest absolute Gasteiger partial charge is 0.243 e. The van der Waals surface area contributed by atoms with E-state index in [1.165, 1.54) is 19.1 Å². The second-order valence-electron chi connectivity index (χ2n) is 7.48. The molecule has 0 aliphatic heterocycles. The van der Waals surface area contributed by atoms with Crippen molar-refractivity contribution in [3.63, 3.8) is 0 Å². The van der Waals surface area contributed by atoms with Crippen molar-refractivity contribution in [3.05, 3.63) is 88.9 Å². The Labute approximate surface area is 198 Å². The number of halogens is 1. The van der Waals surface area contributed by atoms with E-state index in [0.717, 1.165) is 9.87 Å². The number of hydrogen-bond acceptors (Lipinski definition) is 4. The number of nitrogens with one attached hydrogen (secondary N) is 2. The third kappa shape index (κ3) is 6.64. The lowest BCUT2D eigenvalue weighted by Crippen LogP contribution is -2.37. The fourth-order valence-electron chi connectivity index (χ4n) is 3.10. The second-order valence-corrected chi connectivity index (χ2v) is 9.83. The van der Waals surface area contributed by atoms with E-state index in [4.69, 9.17) is 11.6 Å². The van der Waals surface area contributed by atoms with E-state index in [9.17, 15) is 18.0 Å². The fourth-order valence-corrected chi connectivity index (χ4v) is 4.67. The summed E-state index contributed by atoms with van der Waals surface area (Å²) in [4.78, 5) is 24.0. The number of rotatable bonds is 8. The van der Waals surface area contributed by atoms with E-state index in [1.807, 2.05) is 6.92 Å². The molecule has 0 saturated heterocycles. The molecule has 0 saturated carbocycles. The molecule has 7 nitrogen and oxygen atoms in total. The normalized spacial score (nSPS) is 11.3. The molecule has 0 aliphatic carbocycles. The molecule has 0 atom stereocenters. The molecule has 3 aromatic rings. The molecule has 2 N–H and O–H groups in total. The summed E-state index contributed by atoms with van der Waals surface area (Å²) in [6.07, 6.45) is 0. The molecule has 0 spiro atoms. The summed E-state index contributed by atoms with van der Waals surface area (Å²) in [5.41, 5.74) is 2.57. The van der Waals surface area contributed by atoms with Crippen LogP contribution in [0.15, 0.2) is 77.7 Å². The quantitative estimate of drug-likeness (QED) is 0.493. The van der Waals surface area contributed by atoms with Crippen LogP contribution in [-0.4, -0.2) is 31.1 Å². The number of nitrogens with zero attached hydrogens (tertiary/aromatic N) is 1. The van der Waals surface area contributed by atoms with Crippen molar-refractivity contribution in [1.82, 2.24) is 4.31 Å². The van der Waals surface area contributed by atoms with Crippen LogP contribution in [0, 0.1) is 6.92 Å². The molecule has 9 heteroatoms. The van der Waals surface area contributed by atoms with Crippen molar-refractivity contribution >= 4 is 44.8 Å². The molecule has 2 amide bonds. The minimum Gasteiger partial charge on any atom is -0.326 e. The van der Waals surface area contributed by atoms with Gasteiger partial charge in [0.15, 0.2) is 0 Å². The number of sulfonamides is 1. The van der Waals surface area contributed by atoms with Crippen LogP contribution in [0.1, 0.15) is 18.1 Å². The summed E-state index contributed by atoms with van der Waals surface area (Å²) in [6, 6.07) is 19.9. The molecular formula is C24H24ClN3O4S. The van der Waals surface area contributed by atoms with Crippen LogP contribution < -0.4 is 10.6 Å². The van der Waals surface area contributed by atoms with Gasteiger partial charge < -0.3 is 10.6 Å². The van der Waals surface area contributed by atoms with Crippen LogP contribution in [0.25, 0.3) is 0 Å². The molecule has 0 fully saturated rings. The first-order valence-corrected chi connectivity index (χ1v) is 11.9. The summed E-state index contributed by atoms with van der Waals surface area (Å²) in [6.45, 7) is 2.79. The molecule has 0 aliphatic rings. The zero-order valence-corrected chi connectivity index (χ0v) is 19.8.